The number of hydrogen-bond acceptors (Lipinski definition) is 3. The van der Waals surface area contributed by atoms with Gasteiger partial charge in [0.05, 0.1) is 12.1 Å². The zero-order chi connectivity index (χ0) is 16.8. The molecule has 3 nitrogen and oxygen atoms in total. The van der Waals surface area contributed by atoms with Gasteiger partial charge in [0.1, 0.15) is 11.5 Å². The summed E-state index contributed by atoms with van der Waals surface area (Å²) in [7, 11) is 1.65. The first-order valence-electron chi connectivity index (χ1n) is 7.28. The molecule has 5 heteroatoms. The maximum Gasteiger partial charge on any atom is 0.126 e. The summed E-state index contributed by atoms with van der Waals surface area (Å²) in [6.07, 6.45) is 5.95. The largest absolute Gasteiger partial charge is 0.507 e. The highest BCUT2D eigenvalue weighted by atomic mass is 127. The van der Waals surface area contributed by atoms with E-state index in [0.29, 0.717) is 10.8 Å². The summed E-state index contributed by atoms with van der Waals surface area (Å²) in [5.41, 5.74) is 3.70. The topological polar surface area (TPSA) is 42.4 Å². The number of aliphatic hydroxyl groups is 1. The molecule has 1 aromatic heterocycles. The Morgan fingerprint density at radius 2 is 1.96 bits per heavy atom. The molecule has 1 N–H and O–H groups in total. The first-order valence-corrected chi connectivity index (χ1v) is 9.81. The molecule has 1 aliphatic carbocycles. The van der Waals surface area contributed by atoms with Crippen LogP contribution in [0.5, 0.6) is 5.75 Å². The van der Waals surface area contributed by atoms with E-state index in [2.05, 4.69) is 27.6 Å². The lowest BCUT2D eigenvalue weighted by molar-refractivity contribution is 0.414. The number of aliphatic hydroxyl groups excluding tert-OH is 1. The first-order chi connectivity index (χ1) is 11.2. The third kappa shape index (κ3) is 3.98. The molecule has 0 amide bonds. The maximum absolute atomic E-state index is 10.7. The number of fused-ring (bicyclic) bond motifs is 1. The second kappa shape index (κ2) is 8.55. The minimum atomic E-state index is 0.304. The van der Waals surface area contributed by atoms with Crippen molar-refractivity contribution in [3.05, 3.63) is 58.4 Å². The Morgan fingerprint density at radius 3 is 2.65 bits per heavy atom. The fourth-order valence-corrected chi connectivity index (χ4v) is 2.99. The van der Waals surface area contributed by atoms with E-state index in [9.17, 15) is 5.11 Å². The molecule has 0 bridgehead atoms. The van der Waals surface area contributed by atoms with E-state index in [1.807, 2.05) is 29.2 Å². The van der Waals surface area contributed by atoms with Gasteiger partial charge in [-0.1, -0.05) is 34.2 Å². The standard InChI is InChI=1S/C17H16ClNO2.CH3I/c1-21-12-5-6-13-11(9-12)3-2-4-15(17(13)20)14-7-8-19-10-16(14)18;1-2/h5-10,20H,2-4H2,1H3;1H3. The molecule has 0 aliphatic heterocycles. The zero-order valence-corrected chi connectivity index (χ0v) is 16.1. The maximum atomic E-state index is 10.7. The molecule has 1 aromatic carbocycles. The number of nitrogens with zero attached hydrogens (tertiary/aromatic N) is 1. The Bertz CT molecular complexity index is 716. The number of methoxy groups -OCH3 is 1. The number of pyridine rings is 1. The molecular weight excluding hydrogens is 425 g/mol. The van der Waals surface area contributed by atoms with Crippen molar-refractivity contribution in [1.29, 1.82) is 0 Å². The number of rotatable bonds is 2. The fourth-order valence-electron chi connectivity index (χ4n) is 2.75. The van der Waals surface area contributed by atoms with Gasteiger partial charge >= 0.3 is 0 Å². The van der Waals surface area contributed by atoms with Gasteiger partial charge < -0.3 is 9.84 Å². The van der Waals surface area contributed by atoms with E-state index in [1.54, 1.807) is 19.5 Å². The number of alkyl halides is 1. The predicted molar refractivity (Wildman–Crippen MR) is 105 cm³/mol. The van der Waals surface area contributed by atoms with Crippen LogP contribution in [0.15, 0.2) is 36.7 Å². The van der Waals surface area contributed by atoms with Crippen molar-refractivity contribution in [2.75, 3.05) is 12.0 Å². The Balaban J connectivity index is 0.000000924. The van der Waals surface area contributed by atoms with Crippen LogP contribution in [-0.2, 0) is 6.42 Å². The lowest BCUT2D eigenvalue weighted by Crippen LogP contribution is -1.94. The molecule has 0 atom stereocenters. The van der Waals surface area contributed by atoms with E-state index in [0.717, 1.165) is 47.3 Å². The zero-order valence-electron chi connectivity index (χ0n) is 13.1. The van der Waals surface area contributed by atoms with Gasteiger partial charge in [-0.3, -0.25) is 4.98 Å². The van der Waals surface area contributed by atoms with Gasteiger partial charge in [0, 0.05) is 29.1 Å². The quantitative estimate of drug-likeness (QED) is 0.488. The normalized spacial score (nSPS) is 13.6. The summed E-state index contributed by atoms with van der Waals surface area (Å²) in [5.74, 6) is 1.12. The second-order valence-electron chi connectivity index (χ2n) is 5.06. The lowest BCUT2D eigenvalue weighted by Gasteiger charge is -2.11. The third-order valence-electron chi connectivity index (χ3n) is 3.82. The molecule has 122 valence electrons. The summed E-state index contributed by atoms with van der Waals surface area (Å²) in [4.78, 5) is 5.97. The van der Waals surface area contributed by atoms with E-state index in [1.165, 1.54) is 0 Å². The highest BCUT2D eigenvalue weighted by Crippen LogP contribution is 2.37. The number of allylic oxidation sites excluding steroid dienone is 1. The average Bonchev–Trinajstić information content (AvgIpc) is 2.76. The molecule has 0 spiro atoms. The van der Waals surface area contributed by atoms with E-state index >= 15 is 0 Å². The van der Waals surface area contributed by atoms with Gasteiger partial charge in [-0.2, -0.15) is 0 Å². The van der Waals surface area contributed by atoms with Gasteiger partial charge in [-0.05, 0) is 54.0 Å². The van der Waals surface area contributed by atoms with Crippen LogP contribution in [0.2, 0.25) is 5.02 Å². The van der Waals surface area contributed by atoms with E-state index in [4.69, 9.17) is 16.3 Å². The molecule has 0 unspecified atom stereocenters. The molecule has 0 saturated heterocycles. The van der Waals surface area contributed by atoms with Crippen LogP contribution in [0.3, 0.4) is 0 Å². The van der Waals surface area contributed by atoms with Crippen molar-refractivity contribution in [2.24, 2.45) is 0 Å². The van der Waals surface area contributed by atoms with Gasteiger partial charge in [0.15, 0.2) is 0 Å². The molecular formula is C18H19ClINO2. The average molecular weight is 444 g/mol. The minimum absolute atomic E-state index is 0.304. The lowest BCUT2D eigenvalue weighted by atomic mass is 9.99. The molecule has 1 aliphatic rings. The van der Waals surface area contributed by atoms with Crippen LogP contribution in [-0.4, -0.2) is 22.1 Å². The van der Waals surface area contributed by atoms with Crippen LogP contribution in [0.4, 0.5) is 0 Å². The van der Waals surface area contributed by atoms with Crippen molar-refractivity contribution in [1.82, 2.24) is 4.98 Å². The Kier molecular flexibility index (Phi) is 6.72. The number of benzene rings is 1. The van der Waals surface area contributed by atoms with Crippen LogP contribution in [0.1, 0.15) is 29.5 Å². The summed E-state index contributed by atoms with van der Waals surface area (Å²) < 4.78 is 5.26. The smallest absolute Gasteiger partial charge is 0.126 e. The molecule has 2 aromatic rings. The van der Waals surface area contributed by atoms with Gasteiger partial charge in [0.25, 0.3) is 0 Å². The second-order valence-corrected chi connectivity index (χ2v) is 5.47. The molecule has 0 saturated carbocycles. The molecule has 1 heterocycles. The highest BCUT2D eigenvalue weighted by molar-refractivity contribution is 14.1. The van der Waals surface area contributed by atoms with E-state index < -0.39 is 0 Å². The minimum Gasteiger partial charge on any atom is -0.507 e. The van der Waals surface area contributed by atoms with Crippen LogP contribution >= 0.6 is 34.2 Å². The highest BCUT2D eigenvalue weighted by Gasteiger charge is 2.19. The van der Waals surface area contributed by atoms with Gasteiger partial charge in [0.2, 0.25) is 0 Å². The van der Waals surface area contributed by atoms with Crippen LogP contribution in [0.25, 0.3) is 11.3 Å². The molecule has 0 radical (unpaired) electrons. The fraction of sp³-hybridized carbons (Fsp3) is 0.278. The van der Waals surface area contributed by atoms with Crippen molar-refractivity contribution >= 4 is 45.5 Å². The summed E-state index contributed by atoms with van der Waals surface area (Å²) in [5, 5.41) is 11.3. The summed E-state index contributed by atoms with van der Waals surface area (Å²) in [6.45, 7) is 0. The van der Waals surface area contributed by atoms with Crippen molar-refractivity contribution in [3.63, 3.8) is 0 Å². The van der Waals surface area contributed by atoms with E-state index in [-0.39, 0.29) is 0 Å². The number of halogens is 2. The first kappa shape index (κ1) is 18.1. The number of hydrogen-bond donors (Lipinski definition) is 1. The number of ether oxygens (including phenoxy) is 1. The Morgan fingerprint density at radius 1 is 1.17 bits per heavy atom. The summed E-state index contributed by atoms with van der Waals surface area (Å²) in [6, 6.07) is 7.61. The van der Waals surface area contributed by atoms with Crippen molar-refractivity contribution in [2.45, 2.75) is 19.3 Å². The van der Waals surface area contributed by atoms with Crippen LogP contribution < -0.4 is 4.74 Å². The van der Waals surface area contributed by atoms with Gasteiger partial charge in [-0.25, -0.2) is 0 Å². The molecule has 23 heavy (non-hydrogen) atoms. The van der Waals surface area contributed by atoms with Crippen molar-refractivity contribution in [3.8, 4) is 5.75 Å². The third-order valence-corrected chi connectivity index (χ3v) is 4.13. The predicted octanol–water partition coefficient (Wildman–Crippen LogP) is 5.56. The SMILES string of the molecule is CI.COc1ccc2c(c1)CCCC(c1ccncc1Cl)=C2O. The van der Waals surface area contributed by atoms with Crippen molar-refractivity contribution < 1.29 is 9.84 Å². The number of aromatic nitrogens is 1. The van der Waals surface area contributed by atoms with Gasteiger partial charge in [-0.15, -0.1) is 0 Å². The number of aryl methyl sites for hydroxylation is 1. The monoisotopic (exact) mass is 443 g/mol. The summed E-state index contributed by atoms with van der Waals surface area (Å²) >= 11 is 8.37. The molecule has 3 rings (SSSR count). The van der Waals surface area contributed by atoms with Crippen LogP contribution in [0, 0.1) is 0 Å². The Labute approximate surface area is 155 Å². The molecule has 0 fully saturated rings. The Hall–Kier alpha value is -1.27.